The van der Waals surface area contributed by atoms with E-state index in [-0.39, 0.29) is 21.6 Å². The summed E-state index contributed by atoms with van der Waals surface area (Å²) in [7, 11) is -12.6. The molecule has 13 heteroatoms. The zero-order valence-corrected chi connectivity index (χ0v) is 23.8. The predicted molar refractivity (Wildman–Crippen MR) is 147 cm³/mol. The summed E-state index contributed by atoms with van der Waals surface area (Å²) in [6, 6.07) is 17.6. The van der Waals surface area contributed by atoms with Gasteiger partial charge in [-0.25, -0.2) is 9.00 Å². The Kier molecular flexibility index (Phi) is 8.54. The van der Waals surface area contributed by atoms with Crippen LogP contribution >= 0.6 is 9.06 Å². The van der Waals surface area contributed by atoms with Crippen LogP contribution in [0.4, 0.5) is 22.0 Å². The summed E-state index contributed by atoms with van der Waals surface area (Å²) < 4.78 is 122. The lowest BCUT2D eigenvalue weighted by Gasteiger charge is -2.57. The number of carbonyl (C=O) groups is 1. The molecule has 3 aromatic carbocycles. The molecular weight excluding hydrogens is 591 g/mol. The Balaban J connectivity index is 2.52. The van der Waals surface area contributed by atoms with E-state index in [1.54, 1.807) is 20.8 Å². The van der Waals surface area contributed by atoms with Crippen molar-refractivity contribution in [1.82, 2.24) is 0 Å². The van der Waals surface area contributed by atoms with Gasteiger partial charge in [0.2, 0.25) is 0 Å². The van der Waals surface area contributed by atoms with E-state index in [2.05, 4.69) is 11.3 Å². The van der Waals surface area contributed by atoms with E-state index in [0.29, 0.717) is 0 Å². The molecule has 3 rings (SSSR count). The number of rotatable bonds is 9. The third-order valence-electron chi connectivity index (χ3n) is 5.65. The molecule has 224 valence electrons. The number of ether oxygens (including phenoxy) is 2. The molecule has 41 heavy (non-hydrogen) atoms. The number of esters is 1. The zero-order chi connectivity index (χ0) is 30.9. The minimum Gasteiger partial charge on any atom is -0.488 e. The van der Waals surface area contributed by atoms with Gasteiger partial charge in [0.25, 0.3) is 6.10 Å². The highest BCUT2D eigenvalue weighted by atomic mass is 33.2. The topological polar surface area (TPSA) is 93.1 Å². The van der Waals surface area contributed by atoms with Gasteiger partial charge in [-0.15, -0.1) is 0 Å². The Hall–Kier alpha value is -3.26. The first-order valence-corrected chi connectivity index (χ1v) is 16.0. The third kappa shape index (κ3) is 5.76. The molecule has 2 N–H and O–H groups in total. The maximum absolute atomic E-state index is 16.3. The van der Waals surface area contributed by atoms with Crippen molar-refractivity contribution in [2.24, 2.45) is 0 Å². The first kappa shape index (κ1) is 32.3. The minimum atomic E-state index is -7.99. The van der Waals surface area contributed by atoms with Gasteiger partial charge in [-0.05, 0) is 69.3 Å². The van der Waals surface area contributed by atoms with Crippen LogP contribution in [0.2, 0.25) is 0 Å². The maximum Gasteiger partial charge on any atom is 0.432 e. The molecule has 6 nitrogen and oxygen atoms in total. The highest BCUT2D eigenvalue weighted by Crippen LogP contribution is 2.83. The molecule has 0 aliphatic carbocycles. The highest BCUT2D eigenvalue weighted by Gasteiger charge is 2.77. The Morgan fingerprint density at radius 2 is 1.24 bits per heavy atom. The lowest BCUT2D eigenvalue weighted by molar-refractivity contribution is -0.258. The van der Waals surface area contributed by atoms with Crippen molar-refractivity contribution in [3.8, 4) is 5.75 Å². The van der Waals surface area contributed by atoms with E-state index in [1.165, 1.54) is 48.5 Å². The van der Waals surface area contributed by atoms with Crippen LogP contribution in [0.1, 0.15) is 20.8 Å². The standard InChI is InChI=1S/C28H29F5O6S2/c1-5-24(34)38-25(27(29,30)31)28(32,33)41(35,36,37)40(21-12-8-6-9-13-21,22-14-10-7-11-15-22)23-18-16-20(17-19-23)39-26(2,3)4/h5-19,25H,1H2,2-4H3,(H2,35,36,37). The van der Waals surface area contributed by atoms with Crippen LogP contribution in [0, 0.1) is 0 Å². The van der Waals surface area contributed by atoms with Crippen LogP contribution in [0.15, 0.2) is 112 Å². The van der Waals surface area contributed by atoms with Crippen molar-refractivity contribution in [1.29, 1.82) is 0 Å². The lowest BCUT2D eigenvalue weighted by Crippen LogP contribution is -2.63. The van der Waals surface area contributed by atoms with Crippen LogP contribution in [0.3, 0.4) is 0 Å². The summed E-state index contributed by atoms with van der Waals surface area (Å²) in [6.07, 6.45) is -10.4. The van der Waals surface area contributed by atoms with E-state index in [9.17, 15) is 31.3 Å². The SMILES string of the molecule is C=CC(=O)OC(C(F)(F)F)C(F)(F)S(=O)(O)(O)S(c1ccccc1)(c1ccccc1)c1ccc(OC(C)(C)C)cc1. The van der Waals surface area contributed by atoms with E-state index in [1.807, 2.05) is 0 Å². The number of hydrogen-bond acceptors (Lipinski definition) is 4. The quantitative estimate of drug-likeness (QED) is 0.109. The van der Waals surface area contributed by atoms with Crippen LogP contribution in [-0.2, 0) is 18.2 Å². The lowest BCUT2D eigenvalue weighted by atomic mass is 10.2. The Bertz CT molecular complexity index is 1410. The fraction of sp³-hybridized carbons (Fsp3) is 0.250. The van der Waals surface area contributed by atoms with Crippen molar-refractivity contribution < 1.29 is 49.5 Å². The summed E-state index contributed by atoms with van der Waals surface area (Å²) >= 11 is 0. The zero-order valence-electron chi connectivity index (χ0n) is 22.2. The smallest absolute Gasteiger partial charge is 0.432 e. The average Bonchev–Trinajstić information content (AvgIpc) is 2.87. The molecule has 3 aromatic rings. The number of halogens is 5. The third-order valence-corrected chi connectivity index (χ3v) is 15.6. The van der Waals surface area contributed by atoms with E-state index in [0.717, 1.165) is 36.4 Å². The van der Waals surface area contributed by atoms with Gasteiger partial charge in [-0.3, -0.25) is 9.11 Å². The van der Waals surface area contributed by atoms with Gasteiger partial charge in [-0.1, -0.05) is 52.0 Å². The molecule has 0 amide bonds. The van der Waals surface area contributed by atoms with Gasteiger partial charge in [0, 0.05) is 20.8 Å². The Morgan fingerprint density at radius 3 is 1.61 bits per heavy atom. The van der Waals surface area contributed by atoms with E-state index < -0.39 is 51.7 Å². The van der Waals surface area contributed by atoms with Gasteiger partial charge in [0.05, 0.1) is 0 Å². The molecule has 0 aliphatic rings. The van der Waals surface area contributed by atoms with E-state index in [4.69, 9.17) is 4.74 Å². The molecular formula is C28H29F5O6S2. The number of hydrogen-bond donors (Lipinski definition) is 2. The summed E-state index contributed by atoms with van der Waals surface area (Å²) in [5, 5.41) is -6.00. The van der Waals surface area contributed by atoms with Crippen molar-refractivity contribution >= 4 is 23.7 Å². The number of alkyl halides is 5. The molecule has 0 saturated heterocycles. The molecule has 1 atom stereocenters. The summed E-state index contributed by atoms with van der Waals surface area (Å²) in [4.78, 5) is 10.6. The molecule has 1 unspecified atom stereocenters. The normalized spacial score (nSPS) is 15.2. The van der Waals surface area contributed by atoms with Gasteiger partial charge in [0.15, 0.2) is 8.66 Å². The second-order valence-electron chi connectivity index (χ2n) is 9.79. The fourth-order valence-corrected chi connectivity index (χ4v) is 13.8. The van der Waals surface area contributed by atoms with Gasteiger partial charge < -0.3 is 9.47 Å². The second kappa shape index (κ2) is 10.9. The molecule has 0 radical (unpaired) electrons. The first-order valence-electron chi connectivity index (χ1n) is 11.9. The molecule has 0 saturated carbocycles. The van der Waals surface area contributed by atoms with Crippen LogP contribution in [-0.4, -0.2) is 42.4 Å². The van der Waals surface area contributed by atoms with Crippen molar-refractivity contribution in [3.63, 3.8) is 0 Å². The van der Waals surface area contributed by atoms with Crippen LogP contribution in [0.5, 0.6) is 5.75 Å². The van der Waals surface area contributed by atoms with Gasteiger partial charge in [0.1, 0.15) is 11.4 Å². The number of benzene rings is 3. The van der Waals surface area contributed by atoms with Gasteiger partial charge in [-0.2, -0.15) is 22.0 Å². The van der Waals surface area contributed by atoms with Crippen molar-refractivity contribution in [3.05, 3.63) is 97.6 Å². The molecule has 0 heterocycles. The molecule has 0 bridgehead atoms. The fourth-order valence-electron chi connectivity index (χ4n) is 4.05. The highest BCUT2D eigenvalue weighted by molar-refractivity contribution is 8.97. The van der Waals surface area contributed by atoms with E-state index >= 15 is 8.78 Å². The summed E-state index contributed by atoms with van der Waals surface area (Å²) in [5.74, 6) is -1.73. The Labute approximate surface area is 234 Å². The molecule has 0 fully saturated rings. The minimum absolute atomic E-state index is 0.184. The summed E-state index contributed by atoms with van der Waals surface area (Å²) in [5.41, 5.74) is -0.698. The first-order chi connectivity index (χ1) is 18.8. The molecule has 0 aliphatic heterocycles. The largest absolute Gasteiger partial charge is 0.488 e. The summed E-state index contributed by atoms with van der Waals surface area (Å²) in [6.45, 7) is 8.09. The van der Waals surface area contributed by atoms with Crippen LogP contribution < -0.4 is 4.74 Å². The second-order valence-corrected chi connectivity index (χ2v) is 17.8. The predicted octanol–water partition coefficient (Wildman–Crippen LogP) is 8.08. The van der Waals surface area contributed by atoms with Crippen molar-refractivity contribution in [2.45, 2.75) is 58.6 Å². The maximum atomic E-state index is 16.3. The van der Waals surface area contributed by atoms with Gasteiger partial charge >= 0.3 is 17.4 Å². The Morgan fingerprint density at radius 1 is 0.829 bits per heavy atom. The molecule has 0 aromatic heterocycles. The average molecular weight is 621 g/mol. The monoisotopic (exact) mass is 620 g/mol. The van der Waals surface area contributed by atoms with Crippen molar-refractivity contribution in [2.75, 3.05) is 0 Å². The molecule has 0 spiro atoms. The van der Waals surface area contributed by atoms with Crippen LogP contribution in [0.25, 0.3) is 0 Å². The number of carbonyl (C=O) groups excluding carboxylic acids is 1.